The molecule has 0 amide bonds. The Morgan fingerprint density at radius 2 is 1.69 bits per heavy atom. The first-order valence-corrected chi connectivity index (χ1v) is 8.65. The first-order valence-electron chi connectivity index (χ1n) is 8.65. The molecule has 26 heavy (non-hydrogen) atoms. The molecule has 8 nitrogen and oxygen atoms in total. The van der Waals surface area contributed by atoms with Crippen LogP contribution in [0.3, 0.4) is 0 Å². The average Bonchev–Trinajstić information content (AvgIpc) is 2.58. The fourth-order valence-corrected chi connectivity index (χ4v) is 2.51. The van der Waals surface area contributed by atoms with Crippen molar-refractivity contribution in [1.29, 1.82) is 0 Å². The van der Waals surface area contributed by atoms with Crippen molar-refractivity contribution in [3.63, 3.8) is 0 Å². The maximum absolute atomic E-state index is 10.1. The fourth-order valence-electron chi connectivity index (χ4n) is 2.51. The van der Waals surface area contributed by atoms with Crippen LogP contribution in [0.15, 0.2) is 24.3 Å². The molecule has 1 fully saturated rings. The predicted octanol–water partition coefficient (Wildman–Crippen LogP) is -0.0167. The van der Waals surface area contributed by atoms with Gasteiger partial charge in [-0.25, -0.2) is 0 Å². The maximum Gasteiger partial charge on any atom is 0.186 e. The fraction of sp³-hybridized carbons (Fsp3) is 0.667. The molecule has 0 spiro atoms. The molecule has 0 radical (unpaired) electrons. The molecular formula is C18H29NO7. The molecule has 0 bridgehead atoms. The molecule has 0 saturated carbocycles. The van der Waals surface area contributed by atoms with Gasteiger partial charge in [0.2, 0.25) is 0 Å². The van der Waals surface area contributed by atoms with Crippen LogP contribution in [0, 0.1) is 0 Å². The summed E-state index contributed by atoms with van der Waals surface area (Å²) in [6.45, 7) is 6.84. The van der Waals surface area contributed by atoms with E-state index in [9.17, 15) is 20.4 Å². The smallest absolute Gasteiger partial charge is 0.186 e. The van der Waals surface area contributed by atoms with Gasteiger partial charge in [-0.05, 0) is 45.0 Å². The van der Waals surface area contributed by atoms with Gasteiger partial charge < -0.3 is 40.0 Å². The Bertz CT molecular complexity index is 545. The van der Waals surface area contributed by atoms with Crippen molar-refractivity contribution in [3.05, 3.63) is 24.3 Å². The third kappa shape index (κ3) is 6.08. The number of nitrogens with one attached hydrogen (secondary N) is 1. The lowest BCUT2D eigenvalue weighted by molar-refractivity contribution is -0.299. The van der Waals surface area contributed by atoms with Gasteiger partial charge in [-0.1, -0.05) is 0 Å². The summed E-state index contributed by atoms with van der Waals surface area (Å²) in [5.41, 5.74) is -0.0639. The molecule has 1 aromatic rings. The molecule has 1 aliphatic rings. The molecular weight excluding hydrogens is 342 g/mol. The Hall–Kier alpha value is -1.42. The highest BCUT2D eigenvalue weighted by molar-refractivity contribution is 5.30. The summed E-state index contributed by atoms with van der Waals surface area (Å²) in [4.78, 5) is 0. The number of ether oxygens (including phenoxy) is 3. The van der Waals surface area contributed by atoms with Gasteiger partial charge in [0.25, 0.3) is 0 Å². The van der Waals surface area contributed by atoms with Gasteiger partial charge in [0, 0.05) is 12.1 Å². The highest BCUT2D eigenvalue weighted by atomic mass is 16.7. The number of benzene rings is 1. The number of phenolic OH excluding ortho intramolecular Hbond substituents is 1. The van der Waals surface area contributed by atoms with Crippen molar-refractivity contribution < 1.29 is 34.6 Å². The highest BCUT2D eigenvalue weighted by Crippen LogP contribution is 2.23. The monoisotopic (exact) mass is 371 g/mol. The van der Waals surface area contributed by atoms with Gasteiger partial charge in [-0.2, -0.15) is 0 Å². The lowest BCUT2D eigenvalue weighted by Crippen LogP contribution is -2.59. The van der Waals surface area contributed by atoms with E-state index in [1.807, 2.05) is 20.8 Å². The van der Waals surface area contributed by atoms with E-state index in [1.165, 1.54) is 12.1 Å². The topological polar surface area (TPSA) is 121 Å². The Kier molecular flexibility index (Phi) is 7.22. The minimum atomic E-state index is -1.40. The highest BCUT2D eigenvalue weighted by Gasteiger charge is 2.44. The second kappa shape index (κ2) is 8.98. The summed E-state index contributed by atoms with van der Waals surface area (Å²) in [5, 5.41) is 42.7. The van der Waals surface area contributed by atoms with Crippen LogP contribution in [0.5, 0.6) is 11.5 Å². The number of hydrogen-bond acceptors (Lipinski definition) is 8. The molecule has 0 aromatic heterocycles. The molecule has 1 saturated heterocycles. The zero-order chi connectivity index (χ0) is 19.3. The molecule has 2 unspecified atom stereocenters. The summed E-state index contributed by atoms with van der Waals surface area (Å²) in [5.74, 6) is 0.591. The molecule has 1 heterocycles. The molecule has 1 aliphatic heterocycles. The van der Waals surface area contributed by atoms with Crippen LogP contribution >= 0.6 is 0 Å². The number of aliphatic hydroxyl groups is 3. The summed E-state index contributed by atoms with van der Waals surface area (Å²) in [7, 11) is 0. The Morgan fingerprint density at radius 1 is 1.04 bits per heavy atom. The average molecular weight is 371 g/mol. The van der Waals surface area contributed by atoms with Gasteiger partial charge in [-0.15, -0.1) is 0 Å². The second-order valence-corrected chi connectivity index (χ2v) is 7.37. The number of phenols is 1. The van der Waals surface area contributed by atoms with Gasteiger partial charge >= 0.3 is 0 Å². The molecule has 5 N–H and O–H groups in total. The van der Waals surface area contributed by atoms with Crippen LogP contribution in [0.4, 0.5) is 0 Å². The van der Waals surface area contributed by atoms with Gasteiger partial charge in [0.1, 0.15) is 42.5 Å². The van der Waals surface area contributed by atoms with Crippen LogP contribution < -0.4 is 10.1 Å². The third-order valence-corrected chi connectivity index (χ3v) is 3.96. The molecule has 2 rings (SSSR count). The second-order valence-electron chi connectivity index (χ2n) is 7.37. The lowest BCUT2D eigenvalue weighted by Gasteiger charge is -2.40. The van der Waals surface area contributed by atoms with E-state index in [-0.39, 0.29) is 24.5 Å². The van der Waals surface area contributed by atoms with Crippen LogP contribution in [-0.4, -0.2) is 76.4 Å². The van der Waals surface area contributed by atoms with E-state index in [0.717, 1.165) is 0 Å². The predicted molar refractivity (Wildman–Crippen MR) is 94.0 cm³/mol. The van der Waals surface area contributed by atoms with Crippen molar-refractivity contribution in [3.8, 4) is 11.5 Å². The molecule has 8 heteroatoms. The van der Waals surface area contributed by atoms with E-state index >= 15 is 0 Å². The van der Waals surface area contributed by atoms with Crippen LogP contribution in [0.2, 0.25) is 0 Å². The SMILES string of the molecule is CC(C)(C)NCCO[C@H]1OC(COc2ccc(O)cc2)[C@H](O)[C@H](O)C1O. The van der Waals surface area contributed by atoms with Gasteiger partial charge in [0.05, 0.1) is 6.61 Å². The van der Waals surface area contributed by atoms with Crippen molar-refractivity contribution in [2.45, 2.75) is 57.0 Å². The molecule has 0 aliphatic carbocycles. The minimum absolute atomic E-state index is 0.0458. The zero-order valence-electron chi connectivity index (χ0n) is 15.3. The number of aliphatic hydroxyl groups excluding tert-OH is 3. The Balaban J connectivity index is 1.87. The number of rotatable bonds is 7. The quantitative estimate of drug-likeness (QED) is 0.424. The number of aromatic hydroxyl groups is 1. The van der Waals surface area contributed by atoms with Gasteiger partial charge in [0.15, 0.2) is 6.29 Å². The minimum Gasteiger partial charge on any atom is -0.508 e. The largest absolute Gasteiger partial charge is 0.508 e. The summed E-state index contributed by atoms with van der Waals surface area (Å²) >= 11 is 0. The van der Waals surface area contributed by atoms with Gasteiger partial charge in [-0.3, -0.25) is 0 Å². The van der Waals surface area contributed by atoms with E-state index in [0.29, 0.717) is 12.3 Å². The maximum atomic E-state index is 10.1. The summed E-state index contributed by atoms with van der Waals surface area (Å²) in [6.07, 6.45) is -6.01. The third-order valence-electron chi connectivity index (χ3n) is 3.96. The van der Waals surface area contributed by atoms with E-state index in [2.05, 4.69) is 5.32 Å². The standard InChI is InChI=1S/C18H29NO7/c1-18(2,3)19-8-9-24-17-16(23)15(22)14(21)13(26-17)10-25-12-6-4-11(20)5-7-12/h4-7,13-17,19-23H,8-10H2,1-3H3/t13?,14-,15-,16?,17-/m0/s1. The normalized spacial score (nSPS) is 29.5. The summed E-state index contributed by atoms with van der Waals surface area (Å²) < 4.78 is 16.6. The van der Waals surface area contributed by atoms with Crippen LogP contribution in [0.1, 0.15) is 20.8 Å². The summed E-state index contributed by atoms with van der Waals surface area (Å²) in [6, 6.07) is 6.09. The van der Waals surface area contributed by atoms with Crippen molar-refractivity contribution in [2.24, 2.45) is 0 Å². The zero-order valence-corrected chi connectivity index (χ0v) is 15.3. The first-order chi connectivity index (χ1) is 12.2. The van der Waals surface area contributed by atoms with Crippen LogP contribution in [0.25, 0.3) is 0 Å². The van der Waals surface area contributed by atoms with E-state index in [1.54, 1.807) is 12.1 Å². The van der Waals surface area contributed by atoms with Crippen molar-refractivity contribution in [1.82, 2.24) is 5.32 Å². The number of hydrogen-bond donors (Lipinski definition) is 5. The molecule has 5 atom stereocenters. The van der Waals surface area contributed by atoms with Crippen LogP contribution in [-0.2, 0) is 9.47 Å². The van der Waals surface area contributed by atoms with Crippen molar-refractivity contribution >= 4 is 0 Å². The molecule has 148 valence electrons. The van der Waals surface area contributed by atoms with Crippen molar-refractivity contribution in [2.75, 3.05) is 19.8 Å². The first kappa shape index (κ1) is 20.9. The van der Waals surface area contributed by atoms with E-state index in [4.69, 9.17) is 14.2 Å². The lowest BCUT2D eigenvalue weighted by atomic mass is 9.99. The molecule has 1 aromatic carbocycles. The Labute approximate surface area is 153 Å². The van der Waals surface area contributed by atoms with E-state index < -0.39 is 30.7 Å². The Morgan fingerprint density at radius 3 is 2.31 bits per heavy atom.